The van der Waals surface area contributed by atoms with Crippen LogP contribution in [0.5, 0.6) is 5.75 Å². The summed E-state index contributed by atoms with van der Waals surface area (Å²) >= 11 is 3.44. The minimum Gasteiger partial charge on any atom is -0.496 e. The molecule has 1 aromatic carbocycles. The average Bonchev–Trinajstić information content (AvgIpc) is 2.82. The molecule has 0 bridgehead atoms. The van der Waals surface area contributed by atoms with Crippen molar-refractivity contribution in [3.8, 4) is 5.75 Å². The predicted molar refractivity (Wildman–Crippen MR) is 107 cm³/mol. The average molecular weight is 518 g/mol. The highest BCUT2D eigenvalue weighted by molar-refractivity contribution is 14.0. The van der Waals surface area contributed by atoms with Crippen LogP contribution in [-0.2, 0) is 16.4 Å². The smallest absolute Gasteiger partial charge is 0.191 e. The van der Waals surface area contributed by atoms with Gasteiger partial charge in [-0.15, -0.1) is 24.0 Å². The van der Waals surface area contributed by atoms with Crippen LogP contribution in [0, 0.1) is 0 Å². The van der Waals surface area contributed by atoms with Gasteiger partial charge in [0.2, 0.25) is 0 Å². The fourth-order valence-corrected chi connectivity index (χ4v) is 4.44. The summed E-state index contributed by atoms with van der Waals surface area (Å²) < 4.78 is 29.3. The number of hydrogen-bond acceptors (Lipinski definition) is 4. The number of methoxy groups -OCH3 is 1. The van der Waals surface area contributed by atoms with Gasteiger partial charge >= 0.3 is 0 Å². The molecule has 0 aliphatic carbocycles. The molecule has 1 fully saturated rings. The molecule has 6 nitrogen and oxygen atoms in total. The van der Waals surface area contributed by atoms with Gasteiger partial charge in [0, 0.05) is 29.7 Å². The molecule has 1 aliphatic heterocycles. The van der Waals surface area contributed by atoms with Crippen LogP contribution < -0.4 is 15.4 Å². The molecule has 1 aromatic rings. The maximum absolute atomic E-state index is 11.5. The van der Waals surface area contributed by atoms with Crippen LogP contribution >= 0.6 is 39.9 Å². The largest absolute Gasteiger partial charge is 0.496 e. The Labute approximate surface area is 162 Å². The third kappa shape index (κ3) is 6.11. The quantitative estimate of drug-likeness (QED) is 0.362. The molecule has 0 saturated carbocycles. The van der Waals surface area contributed by atoms with Crippen LogP contribution in [0.15, 0.2) is 27.7 Å². The van der Waals surface area contributed by atoms with Crippen molar-refractivity contribution in [1.29, 1.82) is 0 Å². The lowest BCUT2D eigenvalue weighted by Gasteiger charge is -2.17. The SMILES string of the molecule is CN=C(NCc1cc(Br)ccc1OC)NC1CCS(=O)(=O)C1.I. The lowest BCUT2D eigenvalue weighted by Crippen LogP contribution is -2.43. The molecule has 130 valence electrons. The highest BCUT2D eigenvalue weighted by atomic mass is 127. The third-order valence-corrected chi connectivity index (χ3v) is 5.75. The molecule has 0 radical (unpaired) electrons. The zero-order chi connectivity index (χ0) is 16.2. The van der Waals surface area contributed by atoms with E-state index in [1.807, 2.05) is 18.2 Å². The fourth-order valence-electron chi connectivity index (χ4n) is 2.36. The second-order valence-corrected chi connectivity index (χ2v) is 8.27. The number of aliphatic imine (C=N–C) groups is 1. The number of guanidine groups is 1. The second-order valence-electron chi connectivity index (χ2n) is 5.13. The van der Waals surface area contributed by atoms with Crippen molar-refractivity contribution in [2.75, 3.05) is 25.7 Å². The number of ether oxygens (including phenoxy) is 1. The number of nitrogens with zero attached hydrogens (tertiary/aromatic N) is 1. The fraction of sp³-hybridized carbons (Fsp3) is 0.500. The molecule has 1 aliphatic rings. The van der Waals surface area contributed by atoms with Gasteiger partial charge in [-0.25, -0.2) is 8.42 Å². The Kier molecular flexibility index (Phi) is 8.08. The lowest BCUT2D eigenvalue weighted by atomic mass is 10.2. The maximum atomic E-state index is 11.5. The Hall–Kier alpha value is -0.550. The topological polar surface area (TPSA) is 79.8 Å². The molecule has 1 unspecified atom stereocenters. The van der Waals surface area contributed by atoms with Crippen LogP contribution in [0.1, 0.15) is 12.0 Å². The summed E-state index contributed by atoms with van der Waals surface area (Å²) in [4.78, 5) is 4.14. The van der Waals surface area contributed by atoms with E-state index in [0.717, 1.165) is 15.8 Å². The monoisotopic (exact) mass is 517 g/mol. The van der Waals surface area contributed by atoms with Crippen molar-refractivity contribution in [2.24, 2.45) is 4.99 Å². The van der Waals surface area contributed by atoms with Crippen molar-refractivity contribution in [1.82, 2.24) is 10.6 Å². The molecule has 1 saturated heterocycles. The number of hydrogen-bond donors (Lipinski definition) is 2. The first-order valence-corrected chi connectivity index (χ1v) is 9.55. The summed E-state index contributed by atoms with van der Waals surface area (Å²) in [5.74, 6) is 1.77. The zero-order valence-electron chi connectivity index (χ0n) is 13.0. The van der Waals surface area contributed by atoms with E-state index in [0.29, 0.717) is 18.9 Å². The van der Waals surface area contributed by atoms with E-state index < -0.39 is 9.84 Å². The van der Waals surface area contributed by atoms with Gasteiger partial charge in [-0.05, 0) is 24.6 Å². The van der Waals surface area contributed by atoms with E-state index in [1.54, 1.807) is 14.2 Å². The Morgan fingerprint density at radius 2 is 2.22 bits per heavy atom. The van der Waals surface area contributed by atoms with Crippen LogP contribution in [0.25, 0.3) is 0 Å². The van der Waals surface area contributed by atoms with Crippen LogP contribution in [0.3, 0.4) is 0 Å². The molecular weight excluding hydrogens is 497 g/mol. The number of sulfone groups is 1. The maximum Gasteiger partial charge on any atom is 0.191 e. The molecule has 0 amide bonds. The van der Waals surface area contributed by atoms with Gasteiger partial charge < -0.3 is 15.4 Å². The van der Waals surface area contributed by atoms with Crippen molar-refractivity contribution in [3.05, 3.63) is 28.2 Å². The first kappa shape index (κ1) is 20.5. The summed E-state index contributed by atoms with van der Waals surface area (Å²) in [5.41, 5.74) is 0.985. The summed E-state index contributed by atoms with van der Waals surface area (Å²) in [7, 11) is 0.388. The zero-order valence-corrected chi connectivity index (χ0v) is 17.7. The number of nitrogens with one attached hydrogen (secondary N) is 2. The van der Waals surface area contributed by atoms with E-state index in [4.69, 9.17) is 4.74 Å². The van der Waals surface area contributed by atoms with Gasteiger partial charge in [0.05, 0.1) is 18.6 Å². The molecular formula is C14H21BrIN3O3S. The summed E-state index contributed by atoms with van der Waals surface area (Å²) in [6, 6.07) is 5.69. The van der Waals surface area contributed by atoms with Gasteiger partial charge in [0.25, 0.3) is 0 Å². The van der Waals surface area contributed by atoms with Crippen LogP contribution in [0.4, 0.5) is 0 Å². The van der Waals surface area contributed by atoms with Crippen molar-refractivity contribution in [3.63, 3.8) is 0 Å². The molecule has 1 atom stereocenters. The van der Waals surface area contributed by atoms with Crippen molar-refractivity contribution < 1.29 is 13.2 Å². The molecule has 0 aromatic heterocycles. The number of benzene rings is 1. The van der Waals surface area contributed by atoms with Gasteiger partial charge in [-0.1, -0.05) is 15.9 Å². The standard InChI is InChI=1S/C14H20BrN3O3S.HI/c1-16-14(18-12-5-6-22(19,20)9-12)17-8-10-7-11(15)3-4-13(10)21-2;/h3-4,7,12H,5-6,8-9H2,1-2H3,(H2,16,17,18);1H. The van der Waals surface area contributed by atoms with E-state index in [-0.39, 0.29) is 41.5 Å². The van der Waals surface area contributed by atoms with E-state index in [2.05, 4.69) is 31.6 Å². The summed E-state index contributed by atoms with van der Waals surface area (Å²) in [6.07, 6.45) is 0.614. The van der Waals surface area contributed by atoms with Crippen LogP contribution in [-0.4, -0.2) is 46.1 Å². The Morgan fingerprint density at radius 1 is 1.48 bits per heavy atom. The normalized spacial score (nSPS) is 19.8. The van der Waals surface area contributed by atoms with Gasteiger partial charge in [0.15, 0.2) is 15.8 Å². The number of halogens is 2. The first-order chi connectivity index (χ1) is 10.4. The minimum atomic E-state index is -2.90. The van der Waals surface area contributed by atoms with Crippen molar-refractivity contribution >= 4 is 55.7 Å². The van der Waals surface area contributed by atoms with Crippen LogP contribution in [0.2, 0.25) is 0 Å². The van der Waals surface area contributed by atoms with E-state index >= 15 is 0 Å². The number of rotatable bonds is 4. The highest BCUT2D eigenvalue weighted by Gasteiger charge is 2.28. The minimum absolute atomic E-state index is 0. The van der Waals surface area contributed by atoms with E-state index in [9.17, 15) is 8.42 Å². The summed E-state index contributed by atoms with van der Waals surface area (Å²) in [5, 5.41) is 6.34. The van der Waals surface area contributed by atoms with E-state index in [1.165, 1.54) is 0 Å². The summed E-state index contributed by atoms with van der Waals surface area (Å²) in [6.45, 7) is 0.530. The second kappa shape index (κ2) is 9.07. The third-order valence-electron chi connectivity index (χ3n) is 3.49. The molecule has 2 N–H and O–H groups in total. The molecule has 1 heterocycles. The van der Waals surface area contributed by atoms with Gasteiger partial charge in [-0.3, -0.25) is 4.99 Å². The highest BCUT2D eigenvalue weighted by Crippen LogP contribution is 2.22. The van der Waals surface area contributed by atoms with Crippen molar-refractivity contribution in [2.45, 2.75) is 19.0 Å². The Balaban J connectivity index is 0.00000264. The predicted octanol–water partition coefficient (Wildman–Crippen LogP) is 1.93. The van der Waals surface area contributed by atoms with Gasteiger partial charge in [-0.2, -0.15) is 0 Å². The lowest BCUT2D eigenvalue weighted by molar-refractivity contribution is 0.409. The molecule has 2 rings (SSSR count). The van der Waals surface area contributed by atoms with Gasteiger partial charge in [0.1, 0.15) is 5.75 Å². The molecule has 0 spiro atoms. The first-order valence-electron chi connectivity index (χ1n) is 6.93. The molecule has 23 heavy (non-hydrogen) atoms. The Bertz CT molecular complexity index is 667. The molecule has 9 heteroatoms. The Morgan fingerprint density at radius 3 is 2.78 bits per heavy atom.